The molecular formula is C13H25N2Se. The summed E-state index contributed by atoms with van der Waals surface area (Å²) in [6.07, 6.45) is 6.65. The van der Waals surface area contributed by atoms with Crippen LogP contribution in [0.3, 0.4) is 0 Å². The fourth-order valence-electron chi connectivity index (χ4n) is 2.47. The van der Waals surface area contributed by atoms with Crippen molar-refractivity contribution in [1.82, 2.24) is 4.90 Å². The van der Waals surface area contributed by atoms with E-state index in [1.165, 1.54) is 32.1 Å². The Labute approximate surface area is 109 Å². The molecule has 0 atom stereocenters. The molecule has 2 nitrogen and oxygen atoms in total. The topological polar surface area (TPSA) is 15.6 Å². The first-order valence-electron chi connectivity index (χ1n) is 6.55. The van der Waals surface area contributed by atoms with Crippen LogP contribution >= 0.6 is 0 Å². The van der Waals surface area contributed by atoms with E-state index in [-0.39, 0.29) is 0 Å². The van der Waals surface area contributed by atoms with Gasteiger partial charge < -0.3 is 0 Å². The molecule has 1 rings (SSSR count). The van der Waals surface area contributed by atoms with Gasteiger partial charge in [-0.2, -0.15) is 0 Å². The second kappa shape index (κ2) is 6.66. The Morgan fingerprint density at radius 1 is 1.06 bits per heavy atom. The summed E-state index contributed by atoms with van der Waals surface area (Å²) >= 11 is 3.16. The van der Waals surface area contributed by atoms with Crippen molar-refractivity contribution in [3.63, 3.8) is 0 Å². The van der Waals surface area contributed by atoms with Crippen LogP contribution in [0.4, 0.5) is 0 Å². The SMILES string of the molecule is CC(C)N(C([Se])=NC1CCCCC1)C(C)C. The summed E-state index contributed by atoms with van der Waals surface area (Å²) in [6, 6.07) is 1.59. The van der Waals surface area contributed by atoms with E-state index in [1.54, 1.807) is 0 Å². The van der Waals surface area contributed by atoms with E-state index in [4.69, 9.17) is 4.99 Å². The molecule has 0 aromatic heterocycles. The average molecular weight is 288 g/mol. The molecular weight excluding hydrogens is 263 g/mol. The van der Waals surface area contributed by atoms with Crippen LogP contribution in [-0.2, 0) is 0 Å². The summed E-state index contributed by atoms with van der Waals surface area (Å²) in [4.78, 5) is 7.24. The van der Waals surface area contributed by atoms with Crippen molar-refractivity contribution in [3.05, 3.63) is 0 Å². The van der Waals surface area contributed by atoms with Crippen LogP contribution in [0.2, 0.25) is 0 Å². The summed E-state index contributed by atoms with van der Waals surface area (Å²) in [7, 11) is 0. The number of hydrogen-bond acceptors (Lipinski definition) is 1. The van der Waals surface area contributed by atoms with Crippen LogP contribution in [0.1, 0.15) is 59.8 Å². The molecule has 1 saturated carbocycles. The molecule has 1 radical (unpaired) electrons. The third kappa shape index (κ3) is 4.10. The molecule has 0 unspecified atom stereocenters. The summed E-state index contributed by atoms with van der Waals surface area (Å²) < 4.78 is 1.11. The minimum atomic E-state index is 0.517. The number of amidine groups is 1. The fraction of sp³-hybridized carbons (Fsp3) is 0.923. The first kappa shape index (κ1) is 14.1. The standard InChI is InChI=1S/C13H25N2Se/c1-10(2)15(11(3)4)13(16)14-12-8-6-5-7-9-12/h10-12H,5-9H2,1-4H3. The van der Waals surface area contributed by atoms with Gasteiger partial charge in [-0.15, -0.1) is 0 Å². The average Bonchev–Trinajstić information content (AvgIpc) is 2.17. The molecule has 0 saturated heterocycles. The first-order chi connectivity index (χ1) is 7.52. The molecule has 16 heavy (non-hydrogen) atoms. The quantitative estimate of drug-likeness (QED) is 0.443. The van der Waals surface area contributed by atoms with Gasteiger partial charge in [0.1, 0.15) is 0 Å². The Hall–Kier alpha value is -0.0105. The van der Waals surface area contributed by atoms with E-state index >= 15 is 0 Å². The third-order valence-corrected chi connectivity index (χ3v) is 3.86. The van der Waals surface area contributed by atoms with Crippen LogP contribution in [0.25, 0.3) is 0 Å². The van der Waals surface area contributed by atoms with Crippen molar-refractivity contribution in [2.45, 2.75) is 77.9 Å². The molecule has 3 heteroatoms. The van der Waals surface area contributed by atoms with Gasteiger partial charge in [0.25, 0.3) is 0 Å². The van der Waals surface area contributed by atoms with Gasteiger partial charge in [-0.1, -0.05) is 0 Å². The van der Waals surface area contributed by atoms with Gasteiger partial charge in [-0.05, 0) is 0 Å². The van der Waals surface area contributed by atoms with Gasteiger partial charge >= 0.3 is 109 Å². The number of rotatable bonds is 3. The normalized spacial score (nSPS) is 19.5. The molecule has 1 aliphatic carbocycles. The Kier molecular flexibility index (Phi) is 5.85. The summed E-state index contributed by atoms with van der Waals surface area (Å²) in [6.45, 7) is 8.92. The van der Waals surface area contributed by atoms with E-state index in [0.717, 1.165) is 4.73 Å². The zero-order chi connectivity index (χ0) is 12.1. The minimum absolute atomic E-state index is 0.517. The fourth-order valence-corrected chi connectivity index (χ4v) is 3.67. The molecule has 0 N–H and O–H groups in total. The van der Waals surface area contributed by atoms with Crippen molar-refractivity contribution < 1.29 is 0 Å². The summed E-state index contributed by atoms with van der Waals surface area (Å²) in [5, 5.41) is 0. The van der Waals surface area contributed by atoms with E-state index in [0.29, 0.717) is 18.1 Å². The molecule has 0 heterocycles. The predicted octanol–water partition coefficient (Wildman–Crippen LogP) is 2.96. The van der Waals surface area contributed by atoms with Crippen LogP contribution in [0, 0.1) is 0 Å². The molecule has 0 aromatic carbocycles. The van der Waals surface area contributed by atoms with Crippen LogP contribution in [0.15, 0.2) is 4.99 Å². The zero-order valence-electron chi connectivity index (χ0n) is 11.1. The number of nitrogens with zero attached hydrogens (tertiary/aromatic N) is 2. The monoisotopic (exact) mass is 289 g/mol. The molecule has 0 amide bonds. The van der Waals surface area contributed by atoms with Crippen molar-refractivity contribution in [2.24, 2.45) is 4.99 Å². The molecule has 0 bridgehead atoms. The van der Waals surface area contributed by atoms with E-state index in [2.05, 4.69) is 48.6 Å². The molecule has 0 aliphatic heterocycles. The molecule has 0 spiro atoms. The van der Waals surface area contributed by atoms with Gasteiger partial charge in [-0.3, -0.25) is 0 Å². The Balaban J connectivity index is 2.64. The van der Waals surface area contributed by atoms with Gasteiger partial charge in [0.15, 0.2) is 0 Å². The number of hydrogen-bond donors (Lipinski definition) is 0. The van der Waals surface area contributed by atoms with E-state index < -0.39 is 0 Å². The number of aliphatic imine (C=N–C) groups is 1. The Bertz CT molecular complexity index is 222. The molecule has 93 valence electrons. The maximum atomic E-state index is 4.87. The summed E-state index contributed by atoms with van der Waals surface area (Å²) in [5.74, 6) is 0. The molecule has 0 aromatic rings. The second-order valence-corrected chi connectivity index (χ2v) is 6.06. The molecule has 1 aliphatic rings. The summed E-state index contributed by atoms with van der Waals surface area (Å²) in [5.41, 5.74) is 0. The van der Waals surface area contributed by atoms with Gasteiger partial charge in [0.2, 0.25) is 0 Å². The Morgan fingerprint density at radius 3 is 2.00 bits per heavy atom. The first-order valence-corrected chi connectivity index (χ1v) is 7.41. The van der Waals surface area contributed by atoms with Crippen LogP contribution in [-0.4, -0.2) is 43.8 Å². The van der Waals surface area contributed by atoms with Gasteiger partial charge in [0, 0.05) is 0 Å². The predicted molar refractivity (Wildman–Crippen MR) is 72.2 cm³/mol. The van der Waals surface area contributed by atoms with Crippen molar-refractivity contribution >= 4 is 20.7 Å². The second-order valence-electron chi connectivity index (χ2n) is 5.30. The molecule has 1 fully saturated rings. The van der Waals surface area contributed by atoms with E-state index in [1.807, 2.05) is 0 Å². The maximum absolute atomic E-state index is 4.87. The third-order valence-electron chi connectivity index (χ3n) is 3.20. The van der Waals surface area contributed by atoms with Gasteiger partial charge in [0.05, 0.1) is 0 Å². The van der Waals surface area contributed by atoms with Crippen LogP contribution < -0.4 is 0 Å². The zero-order valence-corrected chi connectivity index (χ0v) is 12.8. The van der Waals surface area contributed by atoms with Crippen LogP contribution in [0.5, 0.6) is 0 Å². The Morgan fingerprint density at radius 2 is 1.56 bits per heavy atom. The van der Waals surface area contributed by atoms with E-state index in [9.17, 15) is 0 Å². The van der Waals surface area contributed by atoms with Crippen molar-refractivity contribution in [1.29, 1.82) is 0 Å². The van der Waals surface area contributed by atoms with Crippen molar-refractivity contribution in [3.8, 4) is 0 Å². The van der Waals surface area contributed by atoms with Crippen molar-refractivity contribution in [2.75, 3.05) is 0 Å². The van der Waals surface area contributed by atoms with Gasteiger partial charge in [-0.25, -0.2) is 0 Å².